The molecule has 0 aliphatic carbocycles. The minimum Gasteiger partial charge on any atom is -0.487 e. The van der Waals surface area contributed by atoms with Gasteiger partial charge in [0.15, 0.2) is 11.6 Å². The van der Waals surface area contributed by atoms with Crippen LogP contribution in [0.25, 0.3) is 0 Å². The summed E-state index contributed by atoms with van der Waals surface area (Å²) in [6.45, 7) is 5.47. The number of hydrogen-bond donors (Lipinski definition) is 2. The number of pyridine rings is 1. The summed E-state index contributed by atoms with van der Waals surface area (Å²) in [7, 11) is 1.60. The van der Waals surface area contributed by atoms with Gasteiger partial charge in [-0.3, -0.25) is 4.79 Å². The third-order valence-electron chi connectivity index (χ3n) is 2.41. The highest BCUT2D eigenvalue weighted by Gasteiger charge is 2.07. The first-order valence-electron chi connectivity index (χ1n) is 6.74. The average molecular weight is 281 g/mol. The molecule has 0 fully saturated rings. The van der Waals surface area contributed by atoms with Gasteiger partial charge in [0.25, 0.3) is 0 Å². The van der Waals surface area contributed by atoms with E-state index in [0.29, 0.717) is 37.7 Å². The first-order valence-corrected chi connectivity index (χ1v) is 6.74. The van der Waals surface area contributed by atoms with Crippen molar-refractivity contribution < 1.29 is 14.3 Å². The smallest absolute Gasteiger partial charge is 0.221 e. The Morgan fingerprint density at radius 2 is 2.20 bits per heavy atom. The van der Waals surface area contributed by atoms with Gasteiger partial charge < -0.3 is 20.1 Å². The second-order valence-electron chi connectivity index (χ2n) is 4.54. The molecule has 6 heteroatoms. The zero-order chi connectivity index (χ0) is 14.8. The van der Waals surface area contributed by atoms with E-state index in [1.54, 1.807) is 13.3 Å². The van der Waals surface area contributed by atoms with Crippen molar-refractivity contribution in [3.8, 4) is 5.75 Å². The van der Waals surface area contributed by atoms with Crippen molar-refractivity contribution >= 4 is 11.7 Å². The molecule has 1 aromatic heterocycles. The second kappa shape index (κ2) is 9.14. The number of nitrogens with zero attached hydrogens (tertiary/aromatic N) is 1. The number of hydrogen-bond acceptors (Lipinski definition) is 5. The van der Waals surface area contributed by atoms with Crippen molar-refractivity contribution in [3.63, 3.8) is 0 Å². The molecule has 0 saturated heterocycles. The van der Waals surface area contributed by atoms with Gasteiger partial charge in [0.1, 0.15) is 0 Å². The summed E-state index contributed by atoms with van der Waals surface area (Å²) in [6.07, 6.45) is 2.15. The maximum atomic E-state index is 11.5. The van der Waals surface area contributed by atoms with Crippen LogP contribution in [-0.4, -0.2) is 43.8 Å². The molecule has 1 amide bonds. The van der Waals surface area contributed by atoms with Crippen LogP contribution in [0.3, 0.4) is 0 Å². The Labute approximate surface area is 119 Å². The van der Waals surface area contributed by atoms with Gasteiger partial charge in [-0.25, -0.2) is 4.98 Å². The highest BCUT2D eigenvalue weighted by Crippen LogP contribution is 2.21. The van der Waals surface area contributed by atoms with Gasteiger partial charge in [-0.05, 0) is 26.0 Å². The summed E-state index contributed by atoms with van der Waals surface area (Å²) >= 11 is 0. The van der Waals surface area contributed by atoms with E-state index in [4.69, 9.17) is 9.47 Å². The zero-order valence-corrected chi connectivity index (χ0v) is 12.3. The van der Waals surface area contributed by atoms with E-state index in [2.05, 4.69) is 15.6 Å². The summed E-state index contributed by atoms with van der Waals surface area (Å²) in [6, 6.07) is 3.67. The third-order valence-corrected chi connectivity index (χ3v) is 2.41. The molecule has 1 heterocycles. The minimum absolute atomic E-state index is 0.0168. The molecule has 0 unspecified atom stereocenters. The number of methoxy groups -OCH3 is 1. The van der Waals surface area contributed by atoms with Gasteiger partial charge >= 0.3 is 0 Å². The molecular weight excluding hydrogens is 258 g/mol. The molecule has 6 nitrogen and oxygen atoms in total. The van der Waals surface area contributed by atoms with Crippen LogP contribution in [0.5, 0.6) is 5.75 Å². The van der Waals surface area contributed by atoms with Crippen LogP contribution in [-0.2, 0) is 9.53 Å². The summed E-state index contributed by atoms with van der Waals surface area (Å²) in [5.41, 5.74) is 0. The van der Waals surface area contributed by atoms with E-state index in [0.717, 1.165) is 0 Å². The van der Waals surface area contributed by atoms with Crippen molar-refractivity contribution in [3.05, 3.63) is 18.3 Å². The van der Waals surface area contributed by atoms with E-state index in [9.17, 15) is 4.79 Å². The summed E-state index contributed by atoms with van der Waals surface area (Å²) in [4.78, 5) is 15.7. The molecule has 20 heavy (non-hydrogen) atoms. The summed E-state index contributed by atoms with van der Waals surface area (Å²) in [5, 5.41) is 5.87. The lowest BCUT2D eigenvalue weighted by Gasteiger charge is -2.14. The standard InChI is InChI=1S/C14H23N3O3/c1-11(2)20-12-5-4-7-16-14(12)17-8-6-13(18)15-9-10-19-3/h4-5,7,11H,6,8-10H2,1-3H3,(H,15,18)(H,16,17). The molecule has 0 radical (unpaired) electrons. The first-order chi connectivity index (χ1) is 9.63. The van der Waals surface area contributed by atoms with Gasteiger partial charge in [0, 0.05) is 32.8 Å². The van der Waals surface area contributed by atoms with Gasteiger partial charge in [-0.15, -0.1) is 0 Å². The topological polar surface area (TPSA) is 72.5 Å². The lowest BCUT2D eigenvalue weighted by Crippen LogP contribution is -2.28. The first kappa shape index (κ1) is 16.2. The Morgan fingerprint density at radius 1 is 1.40 bits per heavy atom. The Bertz CT molecular complexity index is 410. The normalized spacial score (nSPS) is 10.4. The van der Waals surface area contributed by atoms with Gasteiger partial charge in [-0.2, -0.15) is 0 Å². The second-order valence-corrected chi connectivity index (χ2v) is 4.54. The summed E-state index contributed by atoms with van der Waals surface area (Å²) in [5.74, 6) is 1.34. The van der Waals surface area contributed by atoms with Crippen molar-refractivity contribution in [1.82, 2.24) is 10.3 Å². The average Bonchev–Trinajstić information content (AvgIpc) is 2.40. The number of rotatable bonds is 9. The van der Waals surface area contributed by atoms with Crippen molar-refractivity contribution in [1.29, 1.82) is 0 Å². The lowest BCUT2D eigenvalue weighted by atomic mass is 10.3. The molecule has 0 aromatic carbocycles. The molecule has 2 N–H and O–H groups in total. The molecule has 0 aliphatic rings. The number of anilines is 1. The number of ether oxygens (including phenoxy) is 2. The summed E-state index contributed by atoms with van der Waals surface area (Å²) < 4.78 is 10.5. The van der Waals surface area contributed by atoms with E-state index in [-0.39, 0.29) is 12.0 Å². The SMILES string of the molecule is COCCNC(=O)CCNc1ncccc1OC(C)C. The van der Waals surface area contributed by atoms with Gasteiger partial charge in [-0.1, -0.05) is 0 Å². The molecule has 0 spiro atoms. The largest absolute Gasteiger partial charge is 0.487 e. The van der Waals surface area contributed by atoms with Crippen LogP contribution in [0.4, 0.5) is 5.82 Å². The zero-order valence-electron chi connectivity index (χ0n) is 12.3. The monoisotopic (exact) mass is 281 g/mol. The quantitative estimate of drug-likeness (QED) is 0.670. The van der Waals surface area contributed by atoms with Crippen molar-refractivity contribution in [2.75, 3.05) is 32.1 Å². The minimum atomic E-state index is -0.0168. The maximum absolute atomic E-state index is 11.5. The fourth-order valence-corrected chi connectivity index (χ4v) is 1.55. The number of nitrogens with one attached hydrogen (secondary N) is 2. The van der Waals surface area contributed by atoms with E-state index in [1.807, 2.05) is 26.0 Å². The van der Waals surface area contributed by atoms with E-state index in [1.165, 1.54) is 0 Å². The Kier molecular flexibility index (Phi) is 7.42. The van der Waals surface area contributed by atoms with Crippen LogP contribution in [0, 0.1) is 0 Å². The van der Waals surface area contributed by atoms with Crippen LogP contribution in [0.15, 0.2) is 18.3 Å². The fraction of sp³-hybridized carbons (Fsp3) is 0.571. The Hall–Kier alpha value is -1.82. The predicted octanol–water partition coefficient (Wildman–Crippen LogP) is 1.43. The van der Waals surface area contributed by atoms with Gasteiger partial charge in [0.05, 0.1) is 12.7 Å². The molecule has 0 saturated carbocycles. The van der Waals surface area contributed by atoms with Crippen molar-refractivity contribution in [2.24, 2.45) is 0 Å². The lowest BCUT2D eigenvalue weighted by molar-refractivity contribution is -0.121. The van der Waals surface area contributed by atoms with Crippen LogP contribution < -0.4 is 15.4 Å². The highest BCUT2D eigenvalue weighted by molar-refractivity contribution is 5.76. The highest BCUT2D eigenvalue weighted by atomic mass is 16.5. The molecule has 1 rings (SSSR count). The molecule has 0 atom stereocenters. The van der Waals surface area contributed by atoms with E-state index >= 15 is 0 Å². The molecular formula is C14H23N3O3. The third kappa shape index (κ3) is 6.38. The van der Waals surface area contributed by atoms with Crippen molar-refractivity contribution in [2.45, 2.75) is 26.4 Å². The number of amides is 1. The Morgan fingerprint density at radius 3 is 2.90 bits per heavy atom. The molecule has 1 aromatic rings. The van der Waals surface area contributed by atoms with Crippen LogP contribution in [0.1, 0.15) is 20.3 Å². The Balaban J connectivity index is 2.36. The van der Waals surface area contributed by atoms with Crippen LogP contribution >= 0.6 is 0 Å². The fourth-order valence-electron chi connectivity index (χ4n) is 1.55. The number of aromatic nitrogens is 1. The number of carbonyl (C=O) groups excluding carboxylic acids is 1. The molecule has 0 aliphatic heterocycles. The predicted molar refractivity (Wildman–Crippen MR) is 78.0 cm³/mol. The van der Waals surface area contributed by atoms with E-state index < -0.39 is 0 Å². The molecule has 0 bridgehead atoms. The maximum Gasteiger partial charge on any atom is 0.221 e. The number of carbonyl (C=O) groups is 1. The van der Waals surface area contributed by atoms with Gasteiger partial charge in [0.2, 0.25) is 5.91 Å². The molecule has 112 valence electrons. The van der Waals surface area contributed by atoms with Crippen LogP contribution in [0.2, 0.25) is 0 Å².